The number of nitrogens with zero attached hydrogens (tertiary/aromatic N) is 1. The monoisotopic (exact) mass is 430 g/mol. The molecule has 0 aliphatic heterocycles. The smallest absolute Gasteiger partial charge is 0.230 e. The van der Waals surface area contributed by atoms with Gasteiger partial charge < -0.3 is 26.0 Å². The van der Waals surface area contributed by atoms with E-state index in [1.807, 2.05) is 6.92 Å². The number of aliphatic hydroxyl groups is 2. The molecule has 0 saturated heterocycles. The van der Waals surface area contributed by atoms with Crippen LogP contribution in [-0.4, -0.2) is 75.3 Å². The number of ketones is 3. The average molecular weight is 430 g/mol. The number of carbonyl (C=O) groups is 4. The van der Waals surface area contributed by atoms with Crippen molar-refractivity contribution in [2.45, 2.75) is 37.0 Å². The molecule has 1 aromatic rings. The van der Waals surface area contributed by atoms with Crippen molar-refractivity contribution in [2.24, 2.45) is 29.4 Å². The van der Waals surface area contributed by atoms with Crippen molar-refractivity contribution >= 4 is 23.3 Å². The van der Waals surface area contributed by atoms with Crippen molar-refractivity contribution in [3.63, 3.8) is 0 Å². The van der Waals surface area contributed by atoms with Gasteiger partial charge in [0.2, 0.25) is 5.91 Å². The van der Waals surface area contributed by atoms with Gasteiger partial charge in [0.1, 0.15) is 11.7 Å². The molecule has 5 N–H and O–H groups in total. The van der Waals surface area contributed by atoms with Crippen LogP contribution in [0.1, 0.15) is 35.2 Å². The largest absolute Gasteiger partial charge is 0.507 e. The SMILES string of the molecule is CC1c2cccc(O)c2C(=O)C2C(=O)C3(O)C(=O)C(C(N)=O)C(O)C(N(C)C)C3CC21. The van der Waals surface area contributed by atoms with E-state index in [0.717, 1.165) is 0 Å². The number of aliphatic hydroxyl groups excluding tert-OH is 1. The average Bonchev–Trinajstić information content (AvgIpc) is 2.68. The summed E-state index contributed by atoms with van der Waals surface area (Å²) in [4.78, 5) is 53.6. The first kappa shape index (κ1) is 21.6. The van der Waals surface area contributed by atoms with Crippen molar-refractivity contribution < 1.29 is 34.5 Å². The van der Waals surface area contributed by atoms with Gasteiger partial charge in [0.25, 0.3) is 0 Å². The fraction of sp³-hybridized carbons (Fsp3) is 0.545. The van der Waals surface area contributed by atoms with Crippen LogP contribution in [0.5, 0.6) is 5.75 Å². The maximum atomic E-state index is 13.6. The molecule has 31 heavy (non-hydrogen) atoms. The van der Waals surface area contributed by atoms with Gasteiger partial charge in [-0.1, -0.05) is 19.1 Å². The lowest BCUT2D eigenvalue weighted by Gasteiger charge is -2.55. The van der Waals surface area contributed by atoms with E-state index in [2.05, 4.69) is 0 Å². The molecule has 9 heteroatoms. The van der Waals surface area contributed by atoms with Crippen LogP contribution in [0, 0.1) is 23.7 Å². The predicted molar refractivity (Wildman–Crippen MR) is 107 cm³/mol. The molecule has 9 nitrogen and oxygen atoms in total. The zero-order valence-corrected chi connectivity index (χ0v) is 17.5. The van der Waals surface area contributed by atoms with Crippen molar-refractivity contribution in [3.8, 4) is 5.75 Å². The minimum absolute atomic E-state index is 0.0190. The van der Waals surface area contributed by atoms with E-state index in [0.29, 0.717) is 5.56 Å². The molecule has 1 aromatic carbocycles. The van der Waals surface area contributed by atoms with E-state index < -0.39 is 64.7 Å². The van der Waals surface area contributed by atoms with E-state index >= 15 is 0 Å². The highest BCUT2D eigenvalue weighted by Gasteiger charge is 2.69. The third-order valence-electron chi connectivity index (χ3n) is 7.55. The summed E-state index contributed by atoms with van der Waals surface area (Å²) in [7, 11) is 3.23. The summed E-state index contributed by atoms with van der Waals surface area (Å²) < 4.78 is 0. The molecule has 0 radical (unpaired) electrons. The molecular formula is C22H26N2O7. The molecule has 166 valence electrons. The number of rotatable bonds is 2. The zero-order valence-electron chi connectivity index (χ0n) is 17.5. The van der Waals surface area contributed by atoms with Gasteiger partial charge in [0, 0.05) is 12.0 Å². The Labute approximate surface area is 178 Å². The van der Waals surface area contributed by atoms with Gasteiger partial charge in [0.05, 0.1) is 17.6 Å². The van der Waals surface area contributed by atoms with Gasteiger partial charge in [-0.2, -0.15) is 0 Å². The van der Waals surface area contributed by atoms with Gasteiger partial charge in [0.15, 0.2) is 23.0 Å². The molecule has 0 bridgehead atoms. The number of hydrogen-bond donors (Lipinski definition) is 4. The van der Waals surface area contributed by atoms with Crippen LogP contribution in [-0.2, 0) is 14.4 Å². The minimum atomic E-state index is -2.63. The third kappa shape index (κ3) is 2.66. The Bertz CT molecular complexity index is 1010. The lowest BCUT2D eigenvalue weighted by atomic mass is 9.50. The van der Waals surface area contributed by atoms with Crippen molar-refractivity contribution in [1.29, 1.82) is 0 Å². The number of phenolic OH excluding ortho intramolecular Hbond substituents is 1. The van der Waals surface area contributed by atoms with Crippen LogP contribution in [0.4, 0.5) is 0 Å². The Balaban J connectivity index is 1.90. The number of likely N-dealkylation sites (N-methyl/N-ethyl adjacent to an activating group) is 1. The Morgan fingerprint density at radius 3 is 2.42 bits per heavy atom. The van der Waals surface area contributed by atoms with Crippen LogP contribution < -0.4 is 5.73 Å². The highest BCUT2D eigenvalue weighted by molar-refractivity contribution is 6.25. The number of aromatic hydroxyl groups is 1. The predicted octanol–water partition coefficient (Wildman–Crippen LogP) is -0.780. The summed E-state index contributed by atoms with van der Waals surface area (Å²) in [6, 6.07) is 3.78. The molecule has 2 saturated carbocycles. The molecule has 8 atom stereocenters. The number of benzene rings is 1. The Kier molecular flexibility index (Phi) is 4.84. The normalized spacial score (nSPS) is 39.7. The maximum Gasteiger partial charge on any atom is 0.230 e. The highest BCUT2D eigenvalue weighted by atomic mass is 16.3. The first-order valence-electron chi connectivity index (χ1n) is 10.2. The molecule has 0 spiro atoms. The molecular weight excluding hydrogens is 404 g/mol. The first-order chi connectivity index (χ1) is 14.4. The number of phenols is 1. The van der Waals surface area contributed by atoms with Gasteiger partial charge >= 0.3 is 0 Å². The molecule has 0 heterocycles. The van der Waals surface area contributed by atoms with E-state index in [1.165, 1.54) is 6.07 Å². The summed E-state index contributed by atoms with van der Waals surface area (Å²) in [5.74, 6) is -9.20. The van der Waals surface area contributed by atoms with Crippen LogP contribution in [0.2, 0.25) is 0 Å². The Morgan fingerprint density at radius 2 is 1.84 bits per heavy atom. The molecule has 8 unspecified atom stereocenters. The highest BCUT2D eigenvalue weighted by Crippen LogP contribution is 2.54. The molecule has 4 rings (SSSR count). The van der Waals surface area contributed by atoms with Gasteiger partial charge in [-0.15, -0.1) is 0 Å². The number of primary amides is 1. The van der Waals surface area contributed by atoms with Crippen molar-refractivity contribution in [3.05, 3.63) is 29.3 Å². The summed E-state index contributed by atoms with van der Waals surface area (Å²) in [5, 5.41) is 32.6. The van der Waals surface area contributed by atoms with Crippen LogP contribution in [0.25, 0.3) is 0 Å². The fourth-order valence-electron chi connectivity index (χ4n) is 6.09. The molecule has 2 fully saturated rings. The first-order valence-corrected chi connectivity index (χ1v) is 10.2. The van der Waals surface area contributed by atoms with Crippen LogP contribution in [0.3, 0.4) is 0 Å². The van der Waals surface area contributed by atoms with E-state index in [1.54, 1.807) is 31.1 Å². The summed E-state index contributed by atoms with van der Waals surface area (Å²) in [6.45, 7) is 1.83. The maximum absolute atomic E-state index is 13.6. The van der Waals surface area contributed by atoms with E-state index in [-0.39, 0.29) is 23.7 Å². The topological polar surface area (TPSA) is 158 Å². The number of carbonyl (C=O) groups excluding carboxylic acids is 4. The van der Waals surface area contributed by atoms with Crippen molar-refractivity contribution in [1.82, 2.24) is 4.90 Å². The molecule has 1 amide bonds. The summed E-state index contributed by atoms with van der Waals surface area (Å²) in [6.07, 6.45) is -1.40. The van der Waals surface area contributed by atoms with Crippen molar-refractivity contribution in [2.75, 3.05) is 14.1 Å². The second-order valence-electron chi connectivity index (χ2n) is 9.20. The van der Waals surface area contributed by atoms with Gasteiger partial charge in [-0.3, -0.25) is 19.2 Å². The van der Waals surface area contributed by atoms with Gasteiger partial charge in [-0.25, -0.2) is 0 Å². The van der Waals surface area contributed by atoms with Crippen LogP contribution in [0.15, 0.2) is 18.2 Å². The van der Waals surface area contributed by atoms with E-state index in [9.17, 15) is 34.5 Å². The number of Topliss-reactive ketones (excluding diaryl/α,β-unsaturated/α-hetero) is 3. The summed E-state index contributed by atoms with van der Waals surface area (Å²) >= 11 is 0. The number of nitrogens with two attached hydrogens (primary N) is 1. The quantitative estimate of drug-likeness (QED) is 0.445. The fourth-order valence-corrected chi connectivity index (χ4v) is 6.09. The second kappa shape index (κ2) is 6.94. The second-order valence-corrected chi connectivity index (χ2v) is 9.20. The zero-order chi connectivity index (χ0) is 23.0. The number of hydrogen-bond acceptors (Lipinski definition) is 8. The molecule has 3 aliphatic rings. The standard InChI is InChI=1S/C22H26N2O7/c1-8-9-5-4-6-12(25)13(9)17(26)14-10(8)7-11-16(24(2)3)18(27)15(21(23)30)20(29)22(11,31)19(14)28/h4-6,8,10-11,14-16,18,25,27,31H,7H2,1-3H3,(H2,23,30). The van der Waals surface area contributed by atoms with Crippen LogP contribution >= 0.6 is 0 Å². The lowest BCUT2D eigenvalue weighted by Crippen LogP contribution is -2.75. The Hall–Kier alpha value is -2.62. The third-order valence-corrected chi connectivity index (χ3v) is 7.55. The summed E-state index contributed by atoms with van der Waals surface area (Å²) in [5.41, 5.74) is 3.33. The molecule has 0 aromatic heterocycles. The van der Waals surface area contributed by atoms with E-state index in [4.69, 9.17) is 5.73 Å². The molecule has 3 aliphatic carbocycles. The van der Waals surface area contributed by atoms with Gasteiger partial charge in [-0.05, 0) is 44.0 Å². The Morgan fingerprint density at radius 1 is 1.19 bits per heavy atom. The number of fused-ring (bicyclic) bond motifs is 3. The lowest BCUT2D eigenvalue weighted by molar-refractivity contribution is -0.191. The minimum Gasteiger partial charge on any atom is -0.507 e. The number of amides is 1.